The Kier molecular flexibility index (Phi) is 7.17. The highest BCUT2D eigenvalue weighted by molar-refractivity contribution is 7.89. The van der Waals surface area contributed by atoms with Crippen molar-refractivity contribution in [1.29, 1.82) is 0 Å². The lowest BCUT2D eigenvalue weighted by Crippen LogP contribution is -2.49. The second-order valence-corrected chi connectivity index (χ2v) is 9.52. The van der Waals surface area contributed by atoms with Crippen LogP contribution in [-0.2, 0) is 21.4 Å². The number of carbonyl (C=O) groups is 1. The van der Waals surface area contributed by atoms with E-state index in [1.807, 2.05) is 0 Å². The van der Waals surface area contributed by atoms with E-state index in [4.69, 9.17) is 9.47 Å². The second kappa shape index (κ2) is 9.65. The maximum Gasteiger partial charge on any atom is 0.241 e. The first kappa shape index (κ1) is 23.0. The molecular weight excluding hydrogens is 423 g/mol. The quantitative estimate of drug-likeness (QED) is 0.677. The summed E-state index contributed by atoms with van der Waals surface area (Å²) >= 11 is 0. The molecule has 1 aliphatic heterocycles. The lowest BCUT2D eigenvalue weighted by molar-refractivity contribution is -0.123. The molecule has 2 aromatic rings. The molecular formula is C22H27FN2O5S. The first-order chi connectivity index (χ1) is 14.7. The van der Waals surface area contributed by atoms with Gasteiger partial charge in [0, 0.05) is 19.0 Å². The fourth-order valence-electron chi connectivity index (χ4n) is 3.15. The third kappa shape index (κ3) is 5.74. The topological polar surface area (TPSA) is 93.7 Å². The molecule has 3 rings (SSSR count). The Hall–Kier alpha value is -2.65. The summed E-state index contributed by atoms with van der Waals surface area (Å²) in [4.78, 5) is 12.7. The van der Waals surface area contributed by atoms with E-state index < -0.39 is 22.0 Å². The number of hydrogen-bond donors (Lipinski definition) is 2. The van der Waals surface area contributed by atoms with E-state index in [9.17, 15) is 17.6 Å². The number of amides is 1. The number of sulfonamides is 1. The normalized spacial score (nSPS) is 14.7. The zero-order chi connectivity index (χ0) is 22.6. The van der Waals surface area contributed by atoms with E-state index in [2.05, 4.69) is 10.0 Å². The number of fused-ring (bicyclic) bond motifs is 1. The maximum atomic E-state index is 13.4. The second-order valence-electron chi connectivity index (χ2n) is 7.80. The van der Waals surface area contributed by atoms with Gasteiger partial charge in [0.25, 0.3) is 0 Å². The Balaban J connectivity index is 1.73. The minimum absolute atomic E-state index is 0.00985. The van der Waals surface area contributed by atoms with Crippen molar-refractivity contribution in [2.45, 2.75) is 44.7 Å². The van der Waals surface area contributed by atoms with Gasteiger partial charge in [0.15, 0.2) is 11.5 Å². The van der Waals surface area contributed by atoms with Crippen molar-refractivity contribution < 1.29 is 27.1 Å². The van der Waals surface area contributed by atoms with Crippen LogP contribution in [0.2, 0.25) is 0 Å². The molecule has 2 aromatic carbocycles. The molecule has 1 amide bonds. The third-order valence-corrected chi connectivity index (χ3v) is 6.39. The summed E-state index contributed by atoms with van der Waals surface area (Å²) in [6, 6.07) is 7.95. The molecule has 0 saturated carbocycles. The van der Waals surface area contributed by atoms with Crippen LogP contribution >= 0.6 is 0 Å². The number of rotatable bonds is 7. The van der Waals surface area contributed by atoms with Crippen molar-refractivity contribution in [3.8, 4) is 11.5 Å². The predicted octanol–water partition coefficient (Wildman–Crippen LogP) is 2.91. The van der Waals surface area contributed by atoms with E-state index >= 15 is 0 Å². The van der Waals surface area contributed by atoms with E-state index in [0.717, 1.165) is 5.56 Å². The summed E-state index contributed by atoms with van der Waals surface area (Å²) in [5.41, 5.74) is 1.20. The smallest absolute Gasteiger partial charge is 0.241 e. The number of hydrogen-bond acceptors (Lipinski definition) is 5. The van der Waals surface area contributed by atoms with Gasteiger partial charge in [0.1, 0.15) is 11.9 Å². The summed E-state index contributed by atoms with van der Waals surface area (Å²) in [6.07, 6.45) is 0.707. The summed E-state index contributed by atoms with van der Waals surface area (Å²) in [7, 11) is -3.99. The van der Waals surface area contributed by atoms with Crippen LogP contribution in [-0.4, -0.2) is 33.6 Å². The van der Waals surface area contributed by atoms with Crippen LogP contribution < -0.4 is 19.5 Å². The monoisotopic (exact) mass is 450 g/mol. The van der Waals surface area contributed by atoms with Crippen LogP contribution in [0.25, 0.3) is 0 Å². The Labute approximate surface area is 182 Å². The van der Waals surface area contributed by atoms with Gasteiger partial charge in [-0.1, -0.05) is 26.0 Å². The van der Waals surface area contributed by atoms with Crippen molar-refractivity contribution >= 4 is 15.9 Å². The standard InChI is InChI=1S/C22H27FN2O5S/c1-14(2)21(22(26)24-13-16-5-7-18(23)15(3)11-16)25-31(27,28)17-6-8-19-20(12-17)30-10-4-9-29-19/h5-8,11-12,14,21,25H,4,9-10,13H2,1-3H3,(H,24,26)/t21-/m1/s1. The molecule has 1 heterocycles. The number of nitrogens with one attached hydrogen (secondary N) is 2. The lowest BCUT2D eigenvalue weighted by atomic mass is 10.0. The zero-order valence-corrected chi connectivity index (χ0v) is 18.6. The molecule has 0 radical (unpaired) electrons. The first-order valence-electron chi connectivity index (χ1n) is 10.1. The molecule has 168 valence electrons. The highest BCUT2D eigenvalue weighted by atomic mass is 32.2. The predicted molar refractivity (Wildman–Crippen MR) is 114 cm³/mol. The highest BCUT2D eigenvalue weighted by Gasteiger charge is 2.29. The van der Waals surface area contributed by atoms with Crippen molar-refractivity contribution in [1.82, 2.24) is 10.0 Å². The Bertz CT molecular complexity index is 1060. The molecule has 31 heavy (non-hydrogen) atoms. The molecule has 7 nitrogen and oxygen atoms in total. The molecule has 0 aliphatic carbocycles. The summed E-state index contributed by atoms with van der Waals surface area (Å²) in [6.45, 7) is 6.24. The van der Waals surface area contributed by atoms with Crippen molar-refractivity contribution in [3.05, 3.63) is 53.3 Å². The van der Waals surface area contributed by atoms with Gasteiger partial charge in [0.05, 0.1) is 18.1 Å². The molecule has 0 unspecified atom stereocenters. The van der Waals surface area contributed by atoms with Crippen LogP contribution in [0, 0.1) is 18.7 Å². The third-order valence-electron chi connectivity index (χ3n) is 4.95. The largest absolute Gasteiger partial charge is 0.490 e. The number of aryl methyl sites for hydroxylation is 1. The molecule has 0 bridgehead atoms. The van der Waals surface area contributed by atoms with Crippen LogP contribution in [0.15, 0.2) is 41.3 Å². The molecule has 0 saturated heterocycles. The van der Waals surface area contributed by atoms with Crippen LogP contribution in [0.1, 0.15) is 31.4 Å². The van der Waals surface area contributed by atoms with Gasteiger partial charge in [-0.25, -0.2) is 12.8 Å². The number of carbonyl (C=O) groups excluding carboxylic acids is 1. The minimum Gasteiger partial charge on any atom is -0.490 e. The van der Waals surface area contributed by atoms with E-state index in [1.54, 1.807) is 39.0 Å². The van der Waals surface area contributed by atoms with Crippen LogP contribution in [0.4, 0.5) is 4.39 Å². The van der Waals surface area contributed by atoms with E-state index in [1.165, 1.54) is 18.2 Å². The summed E-state index contributed by atoms with van der Waals surface area (Å²) < 4.78 is 52.9. The van der Waals surface area contributed by atoms with Gasteiger partial charge in [0.2, 0.25) is 15.9 Å². The van der Waals surface area contributed by atoms with Gasteiger partial charge >= 0.3 is 0 Å². The lowest BCUT2D eigenvalue weighted by Gasteiger charge is -2.22. The number of ether oxygens (including phenoxy) is 2. The first-order valence-corrected chi connectivity index (χ1v) is 11.6. The van der Waals surface area contributed by atoms with Gasteiger partial charge in [-0.3, -0.25) is 4.79 Å². The molecule has 1 atom stereocenters. The molecule has 1 aliphatic rings. The minimum atomic E-state index is -3.99. The van der Waals surface area contributed by atoms with Crippen molar-refractivity contribution in [2.75, 3.05) is 13.2 Å². The van der Waals surface area contributed by atoms with Gasteiger partial charge in [-0.2, -0.15) is 4.72 Å². The fraction of sp³-hybridized carbons (Fsp3) is 0.409. The maximum absolute atomic E-state index is 13.4. The average molecular weight is 451 g/mol. The molecule has 0 spiro atoms. The summed E-state index contributed by atoms with van der Waals surface area (Å²) in [5, 5.41) is 2.73. The Morgan fingerprint density at radius 3 is 2.48 bits per heavy atom. The van der Waals surface area contributed by atoms with E-state index in [-0.39, 0.29) is 23.2 Å². The van der Waals surface area contributed by atoms with Gasteiger partial charge in [-0.05, 0) is 42.2 Å². The number of halogens is 1. The van der Waals surface area contributed by atoms with E-state index in [0.29, 0.717) is 36.7 Å². The molecule has 0 fully saturated rings. The van der Waals surface area contributed by atoms with Gasteiger partial charge in [-0.15, -0.1) is 0 Å². The highest BCUT2D eigenvalue weighted by Crippen LogP contribution is 2.32. The average Bonchev–Trinajstić information content (AvgIpc) is 2.97. The fourth-order valence-corrected chi connectivity index (χ4v) is 4.51. The SMILES string of the molecule is Cc1cc(CNC(=O)[C@H](NS(=O)(=O)c2ccc3c(c2)OCCCO3)C(C)C)ccc1F. The van der Waals surface area contributed by atoms with Gasteiger partial charge < -0.3 is 14.8 Å². The summed E-state index contributed by atoms with van der Waals surface area (Å²) in [5.74, 6) is -0.236. The molecule has 9 heteroatoms. The number of benzene rings is 2. The molecule has 0 aromatic heterocycles. The Morgan fingerprint density at radius 1 is 1.10 bits per heavy atom. The molecule has 2 N–H and O–H groups in total. The van der Waals surface area contributed by atoms with Crippen molar-refractivity contribution in [3.63, 3.8) is 0 Å². The van der Waals surface area contributed by atoms with Crippen LogP contribution in [0.3, 0.4) is 0 Å². The van der Waals surface area contributed by atoms with Crippen molar-refractivity contribution in [2.24, 2.45) is 5.92 Å². The zero-order valence-electron chi connectivity index (χ0n) is 17.8. The van der Waals surface area contributed by atoms with Crippen LogP contribution in [0.5, 0.6) is 11.5 Å². The Morgan fingerprint density at radius 2 is 1.81 bits per heavy atom.